The Labute approximate surface area is 167 Å². The fraction of sp³-hybridized carbons (Fsp3) is 0.227. The first-order valence-electron chi connectivity index (χ1n) is 9.29. The van der Waals surface area contributed by atoms with Crippen LogP contribution in [-0.2, 0) is 6.54 Å². The molecule has 0 aliphatic carbocycles. The lowest BCUT2D eigenvalue weighted by Crippen LogP contribution is -2.26. The molecule has 29 heavy (non-hydrogen) atoms. The minimum absolute atomic E-state index is 0.164. The molecule has 0 saturated carbocycles. The van der Waals surface area contributed by atoms with Gasteiger partial charge in [-0.05, 0) is 48.5 Å². The Bertz CT molecular complexity index is 1090. The second-order valence-corrected chi connectivity index (χ2v) is 6.58. The van der Waals surface area contributed by atoms with Crippen molar-refractivity contribution in [1.82, 2.24) is 9.78 Å². The van der Waals surface area contributed by atoms with E-state index in [0.717, 1.165) is 17.7 Å². The maximum Gasteiger partial charge on any atom is 0.267 e. The van der Waals surface area contributed by atoms with Crippen LogP contribution in [0.3, 0.4) is 0 Å². The van der Waals surface area contributed by atoms with E-state index in [0.29, 0.717) is 36.0 Å². The third kappa shape index (κ3) is 4.13. The standard InChI is InChI=1S/C22H20N2O5/c1-27-17-6-3-15(4-7-17)18-8-10-22(26)24(23-18)14-19(25)16-5-9-20-21(13-16)29-12-2-11-28-20/h3-10,13H,2,11-12,14H2,1H3. The first-order valence-corrected chi connectivity index (χ1v) is 9.29. The summed E-state index contributed by atoms with van der Waals surface area (Å²) >= 11 is 0. The number of methoxy groups -OCH3 is 1. The number of hydrogen-bond donors (Lipinski definition) is 0. The number of carbonyl (C=O) groups is 1. The van der Waals surface area contributed by atoms with Gasteiger partial charge in [0.25, 0.3) is 5.56 Å². The van der Waals surface area contributed by atoms with E-state index in [2.05, 4.69) is 5.10 Å². The van der Waals surface area contributed by atoms with Gasteiger partial charge in [0.2, 0.25) is 0 Å². The smallest absolute Gasteiger partial charge is 0.267 e. The summed E-state index contributed by atoms with van der Waals surface area (Å²) in [4.78, 5) is 25.0. The molecule has 2 aromatic carbocycles. The van der Waals surface area contributed by atoms with Gasteiger partial charge in [0.05, 0.1) is 26.0 Å². The molecule has 0 N–H and O–H groups in total. The minimum atomic E-state index is -0.343. The van der Waals surface area contributed by atoms with Crippen molar-refractivity contribution in [3.05, 3.63) is 70.5 Å². The summed E-state index contributed by atoms with van der Waals surface area (Å²) in [5, 5.41) is 4.35. The largest absolute Gasteiger partial charge is 0.497 e. The topological polar surface area (TPSA) is 79.7 Å². The molecule has 7 heteroatoms. The highest BCUT2D eigenvalue weighted by atomic mass is 16.5. The lowest BCUT2D eigenvalue weighted by molar-refractivity contribution is 0.0965. The number of hydrogen-bond acceptors (Lipinski definition) is 6. The summed E-state index contributed by atoms with van der Waals surface area (Å²) in [6.07, 6.45) is 0.787. The number of fused-ring (bicyclic) bond motifs is 1. The van der Waals surface area contributed by atoms with Gasteiger partial charge in [-0.1, -0.05) is 0 Å². The Balaban J connectivity index is 1.58. The molecule has 0 amide bonds. The number of nitrogens with zero attached hydrogens (tertiary/aromatic N) is 2. The van der Waals surface area contributed by atoms with Crippen molar-refractivity contribution in [2.45, 2.75) is 13.0 Å². The highest BCUT2D eigenvalue weighted by Gasteiger charge is 2.15. The fourth-order valence-corrected chi connectivity index (χ4v) is 3.04. The number of carbonyl (C=O) groups excluding carboxylic acids is 1. The number of ketones is 1. The minimum Gasteiger partial charge on any atom is -0.497 e. The van der Waals surface area contributed by atoms with E-state index in [1.165, 1.54) is 10.7 Å². The van der Waals surface area contributed by atoms with Crippen LogP contribution in [-0.4, -0.2) is 35.9 Å². The van der Waals surface area contributed by atoms with Crippen molar-refractivity contribution in [1.29, 1.82) is 0 Å². The Hall–Kier alpha value is -3.61. The van der Waals surface area contributed by atoms with E-state index in [1.54, 1.807) is 31.4 Å². The van der Waals surface area contributed by atoms with Crippen molar-refractivity contribution >= 4 is 5.78 Å². The highest BCUT2D eigenvalue weighted by Crippen LogP contribution is 2.30. The Morgan fingerprint density at radius 2 is 1.79 bits per heavy atom. The second-order valence-electron chi connectivity index (χ2n) is 6.58. The average Bonchev–Trinajstić information content (AvgIpc) is 3.00. The van der Waals surface area contributed by atoms with Crippen molar-refractivity contribution in [3.8, 4) is 28.5 Å². The molecular weight excluding hydrogens is 372 g/mol. The molecule has 0 fully saturated rings. The van der Waals surface area contributed by atoms with Gasteiger partial charge < -0.3 is 14.2 Å². The second kappa shape index (κ2) is 8.18. The number of benzene rings is 2. The summed E-state index contributed by atoms with van der Waals surface area (Å²) < 4.78 is 17.6. The molecule has 2 heterocycles. The number of aromatic nitrogens is 2. The summed E-state index contributed by atoms with van der Waals surface area (Å²) in [5.74, 6) is 1.66. The number of Topliss-reactive ketones (excluding diaryl/α,β-unsaturated/α-hetero) is 1. The van der Waals surface area contributed by atoms with Gasteiger partial charge >= 0.3 is 0 Å². The first-order chi connectivity index (χ1) is 14.1. The third-order valence-electron chi connectivity index (χ3n) is 4.62. The van der Waals surface area contributed by atoms with Gasteiger partial charge in [0.15, 0.2) is 17.3 Å². The number of ether oxygens (including phenoxy) is 3. The average molecular weight is 392 g/mol. The quantitative estimate of drug-likeness (QED) is 0.621. The zero-order chi connectivity index (χ0) is 20.2. The lowest BCUT2D eigenvalue weighted by atomic mass is 10.1. The van der Waals surface area contributed by atoms with Crippen LogP contribution in [0.1, 0.15) is 16.8 Å². The Kier molecular flexibility index (Phi) is 5.29. The predicted molar refractivity (Wildman–Crippen MR) is 107 cm³/mol. The fourth-order valence-electron chi connectivity index (χ4n) is 3.04. The number of rotatable bonds is 5. The SMILES string of the molecule is COc1ccc(-c2ccc(=O)n(CC(=O)c3ccc4c(c3)OCCCO4)n2)cc1. The Morgan fingerprint density at radius 1 is 1.03 bits per heavy atom. The van der Waals surface area contributed by atoms with Crippen molar-refractivity contribution in [2.24, 2.45) is 0 Å². The van der Waals surface area contributed by atoms with Crippen LogP contribution in [0.4, 0.5) is 0 Å². The van der Waals surface area contributed by atoms with Crippen LogP contribution < -0.4 is 19.8 Å². The molecule has 1 aliphatic heterocycles. The molecular formula is C22H20N2O5. The predicted octanol–water partition coefficient (Wildman–Crippen LogP) is 2.96. The summed E-state index contributed by atoms with van der Waals surface area (Å²) in [6, 6.07) is 15.4. The van der Waals surface area contributed by atoms with E-state index >= 15 is 0 Å². The summed E-state index contributed by atoms with van der Waals surface area (Å²) in [5.41, 5.74) is 1.52. The Morgan fingerprint density at radius 3 is 2.55 bits per heavy atom. The molecule has 0 bridgehead atoms. The lowest BCUT2D eigenvalue weighted by Gasteiger charge is -2.10. The molecule has 148 valence electrons. The molecule has 0 saturated heterocycles. The van der Waals surface area contributed by atoms with Gasteiger partial charge in [-0.25, -0.2) is 4.68 Å². The molecule has 0 spiro atoms. The molecule has 4 rings (SSSR count). The van der Waals surface area contributed by atoms with Crippen LogP contribution in [0.5, 0.6) is 17.2 Å². The molecule has 3 aromatic rings. The zero-order valence-electron chi connectivity index (χ0n) is 16.0. The van der Waals surface area contributed by atoms with Gasteiger partial charge in [-0.3, -0.25) is 9.59 Å². The third-order valence-corrected chi connectivity index (χ3v) is 4.62. The van der Waals surface area contributed by atoms with Crippen molar-refractivity contribution < 1.29 is 19.0 Å². The van der Waals surface area contributed by atoms with E-state index in [4.69, 9.17) is 14.2 Å². The maximum atomic E-state index is 12.8. The van der Waals surface area contributed by atoms with Crippen LogP contribution in [0.15, 0.2) is 59.4 Å². The van der Waals surface area contributed by atoms with Gasteiger partial charge in [0.1, 0.15) is 12.3 Å². The van der Waals surface area contributed by atoms with Gasteiger partial charge in [0, 0.05) is 23.6 Å². The summed E-state index contributed by atoms with van der Waals surface area (Å²) in [7, 11) is 1.60. The molecule has 0 unspecified atom stereocenters. The van der Waals surface area contributed by atoms with Crippen LogP contribution >= 0.6 is 0 Å². The van der Waals surface area contributed by atoms with Crippen LogP contribution in [0.2, 0.25) is 0 Å². The van der Waals surface area contributed by atoms with Crippen molar-refractivity contribution in [3.63, 3.8) is 0 Å². The highest BCUT2D eigenvalue weighted by molar-refractivity contribution is 5.96. The van der Waals surface area contributed by atoms with Crippen molar-refractivity contribution in [2.75, 3.05) is 20.3 Å². The van der Waals surface area contributed by atoms with E-state index < -0.39 is 0 Å². The molecule has 1 aliphatic rings. The molecule has 1 aromatic heterocycles. The van der Waals surface area contributed by atoms with Gasteiger partial charge in [-0.2, -0.15) is 5.10 Å². The summed E-state index contributed by atoms with van der Waals surface area (Å²) in [6.45, 7) is 0.954. The first kappa shape index (κ1) is 18.7. The van der Waals surface area contributed by atoms with Crippen LogP contribution in [0.25, 0.3) is 11.3 Å². The van der Waals surface area contributed by atoms with Gasteiger partial charge in [-0.15, -0.1) is 0 Å². The maximum absolute atomic E-state index is 12.8. The van der Waals surface area contributed by atoms with E-state index in [9.17, 15) is 9.59 Å². The molecule has 0 atom stereocenters. The van der Waals surface area contributed by atoms with Crippen LogP contribution in [0, 0.1) is 0 Å². The van der Waals surface area contributed by atoms with E-state index in [1.807, 2.05) is 24.3 Å². The monoisotopic (exact) mass is 392 g/mol. The molecule has 0 radical (unpaired) electrons. The van der Waals surface area contributed by atoms with E-state index in [-0.39, 0.29) is 17.9 Å². The zero-order valence-corrected chi connectivity index (χ0v) is 16.0. The normalized spacial score (nSPS) is 12.9. The molecule has 7 nitrogen and oxygen atoms in total.